The van der Waals surface area contributed by atoms with Crippen LogP contribution in [0, 0.1) is 22.7 Å². The zero-order valence-electron chi connectivity index (χ0n) is 15.5. The quantitative estimate of drug-likeness (QED) is 0.459. The predicted molar refractivity (Wildman–Crippen MR) is 116 cm³/mol. The molecule has 29 heavy (non-hydrogen) atoms. The van der Waals surface area contributed by atoms with Gasteiger partial charge >= 0.3 is 0 Å². The van der Waals surface area contributed by atoms with Crippen molar-refractivity contribution in [1.82, 2.24) is 0 Å². The molecular weight excluding hydrogens is 431 g/mol. The van der Waals surface area contributed by atoms with Crippen LogP contribution in [0.1, 0.15) is 45.6 Å². The Hall–Kier alpha value is -2.45. The van der Waals surface area contributed by atoms with Crippen molar-refractivity contribution in [3.05, 3.63) is 58.7 Å². The molecule has 0 spiro atoms. The fourth-order valence-electron chi connectivity index (χ4n) is 3.29. The third-order valence-electron chi connectivity index (χ3n) is 4.63. The Morgan fingerprint density at radius 3 is 1.52 bits per heavy atom. The minimum Gasteiger partial charge on any atom is -0.399 e. The molecule has 2 aromatic carbocycles. The van der Waals surface area contributed by atoms with Gasteiger partial charge in [-0.1, -0.05) is 12.1 Å². The van der Waals surface area contributed by atoms with E-state index in [0.717, 1.165) is 0 Å². The van der Waals surface area contributed by atoms with E-state index in [9.17, 15) is 18.9 Å². The highest BCUT2D eigenvalue weighted by Gasteiger charge is 2.37. The van der Waals surface area contributed by atoms with Crippen LogP contribution in [0.15, 0.2) is 36.4 Å². The number of hydrogen-bond donors (Lipinski definition) is 2. The molecule has 9 heteroatoms. The van der Waals surface area contributed by atoms with Crippen molar-refractivity contribution in [1.29, 1.82) is 10.5 Å². The van der Waals surface area contributed by atoms with Crippen LogP contribution in [0.4, 0.5) is 11.4 Å². The molecule has 0 saturated carbocycles. The van der Waals surface area contributed by atoms with Gasteiger partial charge in [-0.25, -0.2) is 8.42 Å². The van der Waals surface area contributed by atoms with E-state index in [2.05, 4.69) is 0 Å². The van der Waals surface area contributed by atoms with E-state index in [1.165, 1.54) is 24.3 Å². The minimum atomic E-state index is -3.94. The predicted octanol–water partition coefficient (Wildman–Crippen LogP) is 4.05. The number of nitrogens with zero attached hydrogens (tertiary/aromatic N) is 2. The maximum Gasteiger partial charge on any atom is 0.164 e. The number of anilines is 2. The smallest absolute Gasteiger partial charge is 0.164 e. The second kappa shape index (κ2) is 9.84. The van der Waals surface area contributed by atoms with Gasteiger partial charge in [-0.05, 0) is 48.2 Å². The Labute approximate surface area is 180 Å². The Bertz CT molecular complexity index is 995. The molecule has 6 nitrogen and oxygen atoms in total. The zero-order valence-corrected chi connectivity index (χ0v) is 17.8. The molecule has 0 amide bonds. The van der Waals surface area contributed by atoms with Gasteiger partial charge in [0.1, 0.15) is 0 Å². The van der Waals surface area contributed by atoms with Gasteiger partial charge in [-0.15, -0.1) is 23.2 Å². The molecule has 0 aliphatic heterocycles. The topological polar surface area (TPSA) is 134 Å². The van der Waals surface area contributed by atoms with Crippen LogP contribution in [0.2, 0.25) is 0 Å². The maximum atomic E-state index is 13.7. The molecular formula is C20H20Cl2N4O2S. The SMILES string of the molecule is N#Cc1cc(N)ccc1C(CCCl)S(=O)(=O)C(CCCl)c1ccc(N)cc1C#N. The van der Waals surface area contributed by atoms with Crippen molar-refractivity contribution >= 4 is 44.4 Å². The highest BCUT2D eigenvalue weighted by atomic mass is 35.5. The summed E-state index contributed by atoms with van der Waals surface area (Å²) >= 11 is 11.8. The van der Waals surface area contributed by atoms with Crippen molar-refractivity contribution in [2.75, 3.05) is 23.2 Å². The van der Waals surface area contributed by atoms with Gasteiger partial charge in [0.05, 0.1) is 33.8 Å². The third kappa shape index (κ3) is 4.94. The molecule has 0 saturated heterocycles. The van der Waals surface area contributed by atoms with Gasteiger partial charge < -0.3 is 11.5 Å². The van der Waals surface area contributed by atoms with Crippen LogP contribution in [0.5, 0.6) is 0 Å². The monoisotopic (exact) mass is 450 g/mol. The highest BCUT2D eigenvalue weighted by Crippen LogP contribution is 2.41. The summed E-state index contributed by atoms with van der Waals surface area (Å²) < 4.78 is 27.4. The first-order valence-electron chi connectivity index (χ1n) is 8.73. The maximum absolute atomic E-state index is 13.7. The summed E-state index contributed by atoms with van der Waals surface area (Å²) in [6.45, 7) is 0. The standard InChI is InChI=1S/C20H20Cl2N4O2S/c21-7-5-19(17-3-1-15(25)9-13(17)11-23)29(27,28)20(6-8-22)18-4-2-16(26)10-14(18)12-24/h1-4,9-10,19-20H,5-8,25-26H2. The number of sulfone groups is 1. The van der Waals surface area contributed by atoms with Gasteiger partial charge in [-0.2, -0.15) is 10.5 Å². The zero-order chi connectivity index (χ0) is 21.6. The molecule has 2 aromatic rings. The number of nitrogens with two attached hydrogens (primary N) is 2. The van der Waals surface area contributed by atoms with Crippen LogP contribution >= 0.6 is 23.2 Å². The molecule has 0 aliphatic rings. The second-order valence-corrected chi connectivity index (χ2v) is 9.51. The van der Waals surface area contributed by atoms with Crippen molar-refractivity contribution in [3.8, 4) is 12.1 Å². The van der Waals surface area contributed by atoms with Crippen LogP contribution in [0.25, 0.3) is 0 Å². The molecule has 0 bridgehead atoms. The lowest BCUT2D eigenvalue weighted by molar-refractivity contribution is 0.562. The second-order valence-electron chi connectivity index (χ2n) is 6.44. The van der Waals surface area contributed by atoms with E-state index in [4.69, 9.17) is 34.7 Å². The first-order valence-corrected chi connectivity index (χ1v) is 11.4. The lowest BCUT2D eigenvalue weighted by Crippen LogP contribution is -2.24. The molecule has 0 heterocycles. The molecule has 0 radical (unpaired) electrons. The average molecular weight is 451 g/mol. The van der Waals surface area contributed by atoms with Crippen LogP contribution in [-0.4, -0.2) is 20.2 Å². The minimum absolute atomic E-state index is 0.0690. The summed E-state index contributed by atoms with van der Waals surface area (Å²) in [4.78, 5) is 0. The molecule has 2 rings (SSSR count). The number of halogens is 2. The molecule has 0 fully saturated rings. The van der Waals surface area contributed by atoms with Gasteiger partial charge in [-0.3, -0.25) is 0 Å². The van der Waals surface area contributed by atoms with Gasteiger partial charge in [0.2, 0.25) is 0 Å². The Kier molecular flexibility index (Phi) is 7.75. The number of nitrogen functional groups attached to an aromatic ring is 2. The summed E-state index contributed by atoms with van der Waals surface area (Å²) in [6.07, 6.45) is 0.191. The van der Waals surface area contributed by atoms with E-state index >= 15 is 0 Å². The fraction of sp³-hybridized carbons (Fsp3) is 0.300. The first kappa shape index (κ1) is 22.8. The molecule has 2 unspecified atom stereocenters. The lowest BCUT2D eigenvalue weighted by atomic mass is 10.0. The van der Waals surface area contributed by atoms with Crippen molar-refractivity contribution < 1.29 is 8.42 Å². The van der Waals surface area contributed by atoms with Crippen LogP contribution in [-0.2, 0) is 9.84 Å². The summed E-state index contributed by atoms with van der Waals surface area (Å²) in [5, 5.41) is 16.9. The number of rotatable bonds is 8. The Morgan fingerprint density at radius 2 is 1.21 bits per heavy atom. The van der Waals surface area contributed by atoms with Crippen LogP contribution in [0.3, 0.4) is 0 Å². The Morgan fingerprint density at radius 1 is 0.828 bits per heavy atom. The molecule has 4 N–H and O–H groups in total. The normalized spacial score (nSPS) is 13.2. The number of nitriles is 2. The Balaban J connectivity index is 2.69. The van der Waals surface area contributed by atoms with Gasteiger partial charge in [0, 0.05) is 23.1 Å². The van der Waals surface area contributed by atoms with Crippen molar-refractivity contribution in [2.24, 2.45) is 0 Å². The number of alkyl halides is 2. The summed E-state index contributed by atoms with van der Waals surface area (Å²) in [5.41, 5.74) is 13.2. The number of benzene rings is 2. The van der Waals surface area contributed by atoms with Gasteiger partial charge in [0.25, 0.3) is 0 Å². The van der Waals surface area contributed by atoms with E-state index < -0.39 is 20.3 Å². The fourth-order valence-corrected chi connectivity index (χ4v) is 6.40. The van der Waals surface area contributed by atoms with E-state index in [-0.39, 0.29) is 35.7 Å². The highest BCUT2D eigenvalue weighted by molar-refractivity contribution is 7.91. The van der Waals surface area contributed by atoms with Gasteiger partial charge in [0.15, 0.2) is 9.84 Å². The number of hydrogen-bond acceptors (Lipinski definition) is 6. The van der Waals surface area contributed by atoms with E-state index in [1.807, 2.05) is 12.1 Å². The molecule has 2 atom stereocenters. The van der Waals surface area contributed by atoms with Crippen molar-refractivity contribution in [2.45, 2.75) is 23.3 Å². The molecule has 152 valence electrons. The van der Waals surface area contributed by atoms with E-state index in [1.54, 1.807) is 12.1 Å². The van der Waals surface area contributed by atoms with Crippen molar-refractivity contribution in [3.63, 3.8) is 0 Å². The first-order chi connectivity index (χ1) is 13.8. The summed E-state index contributed by atoms with van der Waals surface area (Å²) in [6, 6.07) is 13.1. The average Bonchev–Trinajstić information content (AvgIpc) is 2.70. The summed E-state index contributed by atoms with van der Waals surface area (Å²) in [5.74, 6) is 0.138. The molecule has 0 aromatic heterocycles. The molecule has 0 aliphatic carbocycles. The van der Waals surface area contributed by atoms with Crippen LogP contribution < -0.4 is 11.5 Å². The lowest BCUT2D eigenvalue weighted by Gasteiger charge is -2.26. The largest absolute Gasteiger partial charge is 0.399 e. The summed E-state index contributed by atoms with van der Waals surface area (Å²) in [7, 11) is -3.94. The third-order valence-corrected chi connectivity index (χ3v) is 7.63. The van der Waals surface area contributed by atoms with E-state index in [0.29, 0.717) is 22.5 Å².